The summed E-state index contributed by atoms with van der Waals surface area (Å²) in [6, 6.07) is 1.87. The third-order valence-corrected chi connectivity index (χ3v) is 5.34. The van der Waals surface area contributed by atoms with Crippen LogP contribution in [-0.2, 0) is 15.9 Å². The fourth-order valence-corrected chi connectivity index (χ4v) is 4.06. The first-order chi connectivity index (χ1) is 9.23. The van der Waals surface area contributed by atoms with Crippen LogP contribution in [0.3, 0.4) is 0 Å². The average molecular weight is 321 g/mol. The summed E-state index contributed by atoms with van der Waals surface area (Å²) in [6.07, 6.45) is 1.70. The van der Waals surface area contributed by atoms with Crippen molar-refractivity contribution >= 4 is 21.6 Å². The predicted octanol–water partition coefficient (Wildman–Crippen LogP) is 3.47. The molecule has 0 aliphatic carbocycles. The van der Waals surface area contributed by atoms with Crippen molar-refractivity contribution in [3.05, 3.63) is 18.0 Å². The van der Waals surface area contributed by atoms with Gasteiger partial charge in [-0.2, -0.15) is 4.31 Å². The van der Waals surface area contributed by atoms with E-state index < -0.39 is 10.0 Å². The first-order valence-electron chi connectivity index (χ1n) is 7.00. The Balaban J connectivity index is 3.21. The Morgan fingerprint density at radius 1 is 1.30 bits per heavy atom. The molecule has 0 unspecified atom stereocenters. The maximum absolute atomic E-state index is 12.7. The van der Waals surface area contributed by atoms with Crippen LogP contribution < -0.4 is 0 Å². The van der Waals surface area contributed by atoms with Crippen LogP contribution in [-0.4, -0.2) is 30.4 Å². The topological polar surface area (TPSA) is 42.3 Å². The minimum Gasteiger partial charge on any atom is -0.346 e. The second-order valence-corrected chi connectivity index (χ2v) is 7.86. The van der Waals surface area contributed by atoms with Crippen molar-refractivity contribution in [2.75, 3.05) is 13.1 Å². The second kappa shape index (κ2) is 6.96. The van der Waals surface area contributed by atoms with E-state index in [0.717, 1.165) is 5.69 Å². The number of alkyl halides is 1. The van der Waals surface area contributed by atoms with Crippen LogP contribution in [0.25, 0.3) is 0 Å². The van der Waals surface area contributed by atoms with Gasteiger partial charge in [-0.25, -0.2) is 8.42 Å². The molecule has 0 aromatic carbocycles. The molecule has 0 fully saturated rings. The van der Waals surface area contributed by atoms with Gasteiger partial charge >= 0.3 is 0 Å². The van der Waals surface area contributed by atoms with Crippen molar-refractivity contribution in [1.82, 2.24) is 8.87 Å². The molecule has 0 aliphatic heterocycles. The zero-order chi connectivity index (χ0) is 15.5. The van der Waals surface area contributed by atoms with Gasteiger partial charge < -0.3 is 4.57 Å². The van der Waals surface area contributed by atoms with Crippen LogP contribution in [0, 0.1) is 5.92 Å². The first-order valence-corrected chi connectivity index (χ1v) is 8.98. The van der Waals surface area contributed by atoms with Crippen LogP contribution >= 0.6 is 11.6 Å². The second-order valence-electron chi connectivity index (χ2n) is 5.65. The van der Waals surface area contributed by atoms with Gasteiger partial charge in [0.05, 0.1) is 5.88 Å². The number of rotatable bonds is 7. The van der Waals surface area contributed by atoms with Crippen molar-refractivity contribution in [3.8, 4) is 0 Å². The van der Waals surface area contributed by atoms with Crippen molar-refractivity contribution in [2.45, 2.75) is 51.4 Å². The highest BCUT2D eigenvalue weighted by Gasteiger charge is 2.26. The average Bonchev–Trinajstić information content (AvgIpc) is 2.80. The van der Waals surface area contributed by atoms with E-state index >= 15 is 0 Å². The number of sulfonamides is 1. The molecule has 4 nitrogen and oxygen atoms in total. The molecular formula is C14H25ClN2O2S. The van der Waals surface area contributed by atoms with Crippen molar-refractivity contribution in [1.29, 1.82) is 0 Å². The van der Waals surface area contributed by atoms with Gasteiger partial charge in [0.25, 0.3) is 0 Å². The van der Waals surface area contributed by atoms with E-state index in [1.165, 1.54) is 4.31 Å². The largest absolute Gasteiger partial charge is 0.346 e. The van der Waals surface area contributed by atoms with E-state index in [2.05, 4.69) is 0 Å². The van der Waals surface area contributed by atoms with E-state index in [-0.39, 0.29) is 6.04 Å². The normalized spacial score (nSPS) is 12.8. The Bertz CT molecular complexity index is 535. The molecule has 0 spiro atoms. The zero-order valence-corrected chi connectivity index (χ0v) is 14.5. The molecule has 0 saturated heterocycles. The highest BCUT2D eigenvalue weighted by molar-refractivity contribution is 7.89. The van der Waals surface area contributed by atoms with Gasteiger partial charge in [0, 0.05) is 31.0 Å². The monoisotopic (exact) mass is 320 g/mol. The van der Waals surface area contributed by atoms with E-state index in [0.29, 0.717) is 29.8 Å². The smallest absolute Gasteiger partial charge is 0.244 e. The lowest BCUT2D eigenvalue weighted by molar-refractivity contribution is 0.381. The lowest BCUT2D eigenvalue weighted by Crippen LogP contribution is -2.33. The molecule has 0 radical (unpaired) electrons. The molecule has 1 aromatic heterocycles. The Kier molecular flexibility index (Phi) is 6.10. The molecule has 1 aromatic rings. The Hall–Kier alpha value is -0.520. The third-order valence-electron chi connectivity index (χ3n) is 3.16. The number of nitrogens with zero attached hydrogens (tertiary/aromatic N) is 2. The molecule has 6 heteroatoms. The molecule has 1 heterocycles. The summed E-state index contributed by atoms with van der Waals surface area (Å²) in [5.74, 6) is 0.605. The van der Waals surface area contributed by atoms with Crippen molar-refractivity contribution < 1.29 is 8.42 Å². The molecule has 1 rings (SSSR count). The Morgan fingerprint density at radius 2 is 1.90 bits per heavy atom. The van der Waals surface area contributed by atoms with Gasteiger partial charge in [-0.05, 0) is 25.8 Å². The molecule has 0 bridgehead atoms. The van der Waals surface area contributed by atoms with E-state index in [1.807, 2.05) is 39.2 Å². The number of hydrogen-bond acceptors (Lipinski definition) is 2. The van der Waals surface area contributed by atoms with E-state index in [1.54, 1.807) is 12.3 Å². The molecular weight excluding hydrogens is 296 g/mol. The van der Waals surface area contributed by atoms with Gasteiger partial charge in [-0.1, -0.05) is 20.8 Å². The molecule has 0 saturated carbocycles. The standard InChI is InChI=1S/C14H25ClN2O2S/c1-6-16(9-11(2)3)20(18,19)14-7-13(8-15)17(10-14)12(4)5/h7,10-12H,6,8-9H2,1-5H3. The summed E-state index contributed by atoms with van der Waals surface area (Å²) in [7, 11) is -3.44. The van der Waals surface area contributed by atoms with Crippen LogP contribution in [0.15, 0.2) is 17.2 Å². The minimum absolute atomic E-state index is 0.188. The van der Waals surface area contributed by atoms with Crippen LogP contribution in [0.1, 0.15) is 46.4 Å². The van der Waals surface area contributed by atoms with E-state index in [9.17, 15) is 8.42 Å². The lowest BCUT2D eigenvalue weighted by atomic mass is 10.2. The number of hydrogen-bond donors (Lipinski definition) is 0. The first kappa shape index (κ1) is 17.5. The quantitative estimate of drug-likeness (QED) is 0.722. The van der Waals surface area contributed by atoms with Crippen LogP contribution in [0.5, 0.6) is 0 Å². The zero-order valence-electron chi connectivity index (χ0n) is 12.9. The number of aromatic nitrogens is 1. The third kappa shape index (κ3) is 3.77. The fraction of sp³-hybridized carbons (Fsp3) is 0.714. The summed E-state index contributed by atoms with van der Waals surface area (Å²) in [6.45, 7) is 10.9. The van der Waals surface area contributed by atoms with Crippen LogP contribution in [0.4, 0.5) is 0 Å². The number of halogens is 1. The maximum Gasteiger partial charge on any atom is 0.244 e. The van der Waals surface area contributed by atoms with E-state index in [4.69, 9.17) is 11.6 Å². The van der Waals surface area contributed by atoms with Gasteiger partial charge in [0.2, 0.25) is 10.0 Å². The molecule has 0 N–H and O–H groups in total. The molecule has 20 heavy (non-hydrogen) atoms. The predicted molar refractivity (Wildman–Crippen MR) is 83.6 cm³/mol. The summed E-state index contributed by atoms with van der Waals surface area (Å²) in [4.78, 5) is 0.337. The van der Waals surface area contributed by atoms with Gasteiger partial charge in [0.1, 0.15) is 4.90 Å². The minimum atomic E-state index is -3.44. The highest BCUT2D eigenvalue weighted by Crippen LogP contribution is 2.23. The highest BCUT2D eigenvalue weighted by atomic mass is 35.5. The molecule has 0 aliphatic rings. The van der Waals surface area contributed by atoms with Crippen LogP contribution in [0.2, 0.25) is 0 Å². The van der Waals surface area contributed by atoms with Gasteiger partial charge in [-0.3, -0.25) is 0 Å². The fourth-order valence-electron chi connectivity index (χ4n) is 2.18. The molecule has 0 amide bonds. The summed E-state index contributed by atoms with van der Waals surface area (Å²) in [5.41, 5.74) is 0.834. The van der Waals surface area contributed by atoms with Gasteiger partial charge in [0.15, 0.2) is 0 Å². The maximum atomic E-state index is 12.7. The van der Waals surface area contributed by atoms with Crippen molar-refractivity contribution in [2.24, 2.45) is 5.92 Å². The Labute approximate surface area is 127 Å². The summed E-state index contributed by atoms with van der Waals surface area (Å²) >= 11 is 5.91. The molecule has 0 atom stereocenters. The SMILES string of the molecule is CCN(CC(C)C)S(=O)(=O)c1cc(CCl)n(C(C)C)c1. The summed E-state index contributed by atoms with van der Waals surface area (Å²) in [5, 5.41) is 0. The molecule has 116 valence electrons. The van der Waals surface area contributed by atoms with Gasteiger partial charge in [-0.15, -0.1) is 11.6 Å². The summed E-state index contributed by atoms with van der Waals surface area (Å²) < 4.78 is 28.8. The van der Waals surface area contributed by atoms with Crippen molar-refractivity contribution in [3.63, 3.8) is 0 Å². The Morgan fingerprint density at radius 3 is 2.25 bits per heavy atom. The lowest BCUT2D eigenvalue weighted by Gasteiger charge is -2.21.